The largest absolute Gasteiger partial charge is 0.465 e. The van der Waals surface area contributed by atoms with E-state index >= 15 is 0 Å². The Bertz CT molecular complexity index is 1090. The minimum absolute atomic E-state index is 0.0939. The van der Waals surface area contributed by atoms with E-state index in [0.29, 0.717) is 34.2 Å². The lowest BCUT2D eigenvalue weighted by atomic mass is 10.1. The van der Waals surface area contributed by atoms with E-state index in [0.717, 1.165) is 22.4 Å². The molecule has 0 atom stereocenters. The monoisotopic (exact) mass is 468 g/mol. The Morgan fingerprint density at radius 3 is 2.53 bits per heavy atom. The van der Waals surface area contributed by atoms with E-state index in [1.54, 1.807) is 30.3 Å². The average Bonchev–Trinajstić information content (AvgIpc) is 3.03. The second kappa shape index (κ2) is 10.6. The van der Waals surface area contributed by atoms with Crippen molar-refractivity contribution >= 4 is 57.8 Å². The first-order valence-corrected chi connectivity index (χ1v) is 11.3. The highest BCUT2D eigenvalue weighted by molar-refractivity contribution is 8.26. The van der Waals surface area contributed by atoms with Crippen molar-refractivity contribution in [3.63, 3.8) is 0 Å². The molecule has 32 heavy (non-hydrogen) atoms. The van der Waals surface area contributed by atoms with Gasteiger partial charge in [-0.25, -0.2) is 4.79 Å². The fourth-order valence-electron chi connectivity index (χ4n) is 3.24. The van der Waals surface area contributed by atoms with Crippen LogP contribution in [0.1, 0.15) is 39.9 Å². The highest BCUT2D eigenvalue weighted by atomic mass is 32.2. The summed E-state index contributed by atoms with van der Waals surface area (Å²) in [5, 5.41) is 2.92. The number of carbonyl (C=O) groups is 3. The smallest absolute Gasteiger partial charge is 0.337 e. The maximum Gasteiger partial charge on any atom is 0.337 e. The summed E-state index contributed by atoms with van der Waals surface area (Å²) in [6.45, 7) is 4.34. The van der Waals surface area contributed by atoms with E-state index in [4.69, 9.17) is 12.2 Å². The molecule has 1 heterocycles. The van der Waals surface area contributed by atoms with Crippen LogP contribution in [0.4, 0.5) is 5.69 Å². The van der Waals surface area contributed by atoms with Crippen molar-refractivity contribution < 1.29 is 19.1 Å². The number of hydrogen-bond acceptors (Lipinski definition) is 6. The highest BCUT2D eigenvalue weighted by Gasteiger charge is 2.31. The van der Waals surface area contributed by atoms with E-state index in [1.165, 1.54) is 23.8 Å². The summed E-state index contributed by atoms with van der Waals surface area (Å²) in [6.07, 6.45) is 2.54. The zero-order valence-electron chi connectivity index (χ0n) is 18.1. The number of ether oxygens (including phenoxy) is 1. The van der Waals surface area contributed by atoms with Gasteiger partial charge >= 0.3 is 5.97 Å². The van der Waals surface area contributed by atoms with Gasteiger partial charge in [0.25, 0.3) is 5.91 Å². The second-order valence-corrected chi connectivity index (χ2v) is 9.09. The van der Waals surface area contributed by atoms with Crippen molar-refractivity contribution in [1.82, 2.24) is 4.90 Å². The number of esters is 1. The van der Waals surface area contributed by atoms with Gasteiger partial charge in [0.2, 0.25) is 5.91 Å². The molecular weight excluding hydrogens is 444 g/mol. The third-order valence-corrected chi connectivity index (χ3v) is 6.32. The first-order chi connectivity index (χ1) is 15.3. The van der Waals surface area contributed by atoms with Crippen LogP contribution in [0.15, 0.2) is 47.4 Å². The van der Waals surface area contributed by atoms with Crippen LogP contribution in [0.3, 0.4) is 0 Å². The Morgan fingerprint density at radius 1 is 1.16 bits per heavy atom. The summed E-state index contributed by atoms with van der Waals surface area (Å²) in [7, 11) is 1.33. The van der Waals surface area contributed by atoms with Crippen LogP contribution in [-0.2, 0) is 14.3 Å². The molecule has 0 saturated carbocycles. The van der Waals surface area contributed by atoms with Crippen LogP contribution in [0.5, 0.6) is 0 Å². The molecule has 1 fully saturated rings. The van der Waals surface area contributed by atoms with Crippen LogP contribution in [0, 0.1) is 13.8 Å². The Balaban J connectivity index is 1.55. The Hall–Kier alpha value is -2.97. The molecule has 0 spiro atoms. The lowest BCUT2D eigenvalue weighted by Crippen LogP contribution is -2.29. The van der Waals surface area contributed by atoms with Crippen molar-refractivity contribution in [2.45, 2.75) is 26.7 Å². The van der Waals surface area contributed by atoms with Gasteiger partial charge in [-0.1, -0.05) is 53.8 Å². The first kappa shape index (κ1) is 23.7. The number of benzene rings is 2. The normalized spacial score (nSPS) is 14.7. The molecule has 2 aromatic carbocycles. The molecule has 1 saturated heterocycles. The summed E-state index contributed by atoms with van der Waals surface area (Å²) in [4.78, 5) is 38.6. The predicted octanol–water partition coefficient (Wildman–Crippen LogP) is 4.71. The van der Waals surface area contributed by atoms with Crippen LogP contribution < -0.4 is 5.32 Å². The lowest BCUT2D eigenvalue weighted by Gasteiger charge is -2.14. The van der Waals surface area contributed by atoms with Gasteiger partial charge in [0.1, 0.15) is 4.32 Å². The lowest BCUT2D eigenvalue weighted by molar-refractivity contribution is -0.122. The molecule has 0 aliphatic carbocycles. The molecule has 0 radical (unpaired) electrons. The van der Waals surface area contributed by atoms with Crippen LogP contribution in [0.2, 0.25) is 0 Å². The molecular formula is C24H24N2O4S2. The van der Waals surface area contributed by atoms with Gasteiger partial charge in [-0.2, -0.15) is 0 Å². The molecule has 3 rings (SSSR count). The van der Waals surface area contributed by atoms with E-state index in [9.17, 15) is 14.4 Å². The topological polar surface area (TPSA) is 75.7 Å². The molecule has 8 heteroatoms. The zero-order chi connectivity index (χ0) is 23.3. The van der Waals surface area contributed by atoms with Gasteiger partial charge in [-0.15, -0.1) is 0 Å². The fourth-order valence-corrected chi connectivity index (χ4v) is 4.55. The third-order valence-electron chi connectivity index (χ3n) is 4.94. The van der Waals surface area contributed by atoms with Gasteiger partial charge in [-0.05, 0) is 55.7 Å². The number of amides is 2. The van der Waals surface area contributed by atoms with Gasteiger partial charge < -0.3 is 10.1 Å². The molecule has 1 N–H and O–H groups in total. The quantitative estimate of drug-likeness (QED) is 0.360. The number of anilines is 1. The summed E-state index contributed by atoms with van der Waals surface area (Å²) < 4.78 is 5.16. The molecule has 166 valence electrons. The van der Waals surface area contributed by atoms with Crippen molar-refractivity contribution in [1.29, 1.82) is 0 Å². The van der Waals surface area contributed by atoms with Crippen molar-refractivity contribution in [2.24, 2.45) is 0 Å². The molecule has 0 unspecified atom stereocenters. The first-order valence-electron chi connectivity index (χ1n) is 10.1. The SMILES string of the molecule is COC(=O)c1ccc(C=C2SC(=S)N(CCCC(=O)Nc3ccc(C)cc3C)C2=O)cc1. The summed E-state index contributed by atoms with van der Waals surface area (Å²) in [5.41, 5.74) is 4.18. The third kappa shape index (κ3) is 5.83. The van der Waals surface area contributed by atoms with E-state index in [-0.39, 0.29) is 11.8 Å². The molecule has 1 aliphatic rings. The van der Waals surface area contributed by atoms with Crippen molar-refractivity contribution in [3.8, 4) is 0 Å². The fraction of sp³-hybridized carbons (Fsp3) is 0.250. The van der Waals surface area contributed by atoms with Gasteiger partial charge in [0.05, 0.1) is 17.6 Å². The predicted molar refractivity (Wildman–Crippen MR) is 131 cm³/mol. The number of methoxy groups -OCH3 is 1. The number of carbonyl (C=O) groups excluding carboxylic acids is 3. The summed E-state index contributed by atoms with van der Waals surface area (Å²) in [5.74, 6) is -0.681. The Kier molecular flexibility index (Phi) is 7.82. The Morgan fingerprint density at radius 2 is 1.88 bits per heavy atom. The standard InChI is InChI=1S/C24H24N2O4S2/c1-15-6-11-19(16(2)13-15)25-21(27)5-4-12-26-22(28)20(32-24(26)31)14-17-7-9-18(10-8-17)23(29)30-3/h6-11,13-14H,4-5,12H2,1-3H3,(H,25,27). The summed E-state index contributed by atoms with van der Waals surface area (Å²) >= 11 is 6.59. The van der Waals surface area contributed by atoms with Gasteiger partial charge in [0.15, 0.2) is 0 Å². The molecule has 0 bridgehead atoms. The minimum atomic E-state index is -0.413. The second-order valence-electron chi connectivity index (χ2n) is 7.42. The number of aryl methyl sites for hydroxylation is 2. The molecule has 0 aromatic heterocycles. The number of hydrogen-bond donors (Lipinski definition) is 1. The van der Waals surface area contributed by atoms with Crippen molar-refractivity contribution in [3.05, 3.63) is 69.6 Å². The molecule has 2 amide bonds. The number of nitrogens with one attached hydrogen (secondary N) is 1. The highest BCUT2D eigenvalue weighted by Crippen LogP contribution is 2.32. The maximum atomic E-state index is 12.8. The number of nitrogens with zero attached hydrogens (tertiary/aromatic N) is 1. The average molecular weight is 469 g/mol. The number of thioether (sulfide) groups is 1. The van der Waals surface area contributed by atoms with Crippen LogP contribution in [-0.4, -0.2) is 40.7 Å². The molecule has 6 nitrogen and oxygen atoms in total. The van der Waals surface area contributed by atoms with Gasteiger partial charge in [-0.3, -0.25) is 14.5 Å². The van der Waals surface area contributed by atoms with E-state index < -0.39 is 5.97 Å². The zero-order valence-corrected chi connectivity index (χ0v) is 19.8. The van der Waals surface area contributed by atoms with Crippen LogP contribution >= 0.6 is 24.0 Å². The van der Waals surface area contributed by atoms with E-state index in [2.05, 4.69) is 10.1 Å². The maximum absolute atomic E-state index is 12.8. The van der Waals surface area contributed by atoms with Gasteiger partial charge in [0, 0.05) is 18.7 Å². The number of thiocarbonyl (C=S) groups is 1. The van der Waals surface area contributed by atoms with Crippen LogP contribution in [0.25, 0.3) is 6.08 Å². The minimum Gasteiger partial charge on any atom is -0.465 e. The Labute approximate surface area is 197 Å². The van der Waals surface area contributed by atoms with Crippen molar-refractivity contribution in [2.75, 3.05) is 19.0 Å². The van der Waals surface area contributed by atoms with E-state index in [1.807, 2.05) is 32.0 Å². The summed E-state index contributed by atoms with van der Waals surface area (Å²) in [6, 6.07) is 12.7. The molecule has 2 aromatic rings. The molecule has 1 aliphatic heterocycles. The number of rotatable bonds is 7.